The molecule has 2 fully saturated rings. The molecule has 4 amide bonds. The maximum atomic E-state index is 13.6. The van der Waals surface area contributed by atoms with Crippen molar-refractivity contribution in [1.82, 2.24) is 21.3 Å². The molecule has 1 aliphatic carbocycles. The van der Waals surface area contributed by atoms with Crippen molar-refractivity contribution in [2.24, 2.45) is 17.8 Å². The molecule has 41 heavy (non-hydrogen) atoms. The van der Waals surface area contributed by atoms with Crippen molar-refractivity contribution in [1.29, 1.82) is 0 Å². The number of fused-ring (bicyclic) bond motifs is 1. The largest absolute Gasteiger partial charge is 0.488 e. The Hall–Kier alpha value is -3.69. The molecule has 10 nitrogen and oxygen atoms in total. The van der Waals surface area contributed by atoms with Gasteiger partial charge in [-0.3, -0.25) is 19.2 Å². The molecule has 4 N–H and O–H groups in total. The van der Waals surface area contributed by atoms with Crippen molar-refractivity contribution in [2.45, 2.75) is 83.3 Å². The predicted octanol–water partition coefficient (Wildman–Crippen LogP) is 2.27. The number of hydrogen-bond acceptors (Lipinski definition) is 6. The molecule has 0 radical (unpaired) electrons. The fourth-order valence-electron chi connectivity index (χ4n) is 5.87. The topological polar surface area (TPSA) is 143 Å². The van der Waals surface area contributed by atoms with Crippen molar-refractivity contribution >= 4 is 36.0 Å². The van der Waals surface area contributed by atoms with E-state index >= 15 is 0 Å². The summed E-state index contributed by atoms with van der Waals surface area (Å²) in [4.78, 5) is 64.0. The van der Waals surface area contributed by atoms with Gasteiger partial charge in [-0.05, 0) is 43.2 Å². The van der Waals surface area contributed by atoms with Gasteiger partial charge in [-0.25, -0.2) is 0 Å². The fraction of sp³-hybridized carbons (Fsp3) is 0.581. The lowest BCUT2D eigenvalue weighted by molar-refractivity contribution is -0.133. The van der Waals surface area contributed by atoms with E-state index in [4.69, 9.17) is 4.74 Å². The summed E-state index contributed by atoms with van der Waals surface area (Å²) < 4.78 is 5.71. The van der Waals surface area contributed by atoms with Crippen molar-refractivity contribution in [3.05, 3.63) is 35.4 Å². The van der Waals surface area contributed by atoms with Gasteiger partial charge in [0.2, 0.25) is 17.7 Å². The minimum atomic E-state index is -0.883. The molecule has 222 valence electrons. The number of ether oxygens (including phenoxy) is 1. The minimum Gasteiger partial charge on any atom is -0.488 e. The Kier molecular flexibility index (Phi) is 10.5. The summed E-state index contributed by atoms with van der Waals surface area (Å²) in [6.07, 6.45) is 8.93. The molecule has 1 saturated carbocycles. The van der Waals surface area contributed by atoms with Crippen molar-refractivity contribution < 1.29 is 28.7 Å². The van der Waals surface area contributed by atoms with Crippen LogP contribution in [0.4, 0.5) is 0 Å². The minimum absolute atomic E-state index is 0.0914. The normalized spacial score (nSPS) is 20.9. The molecule has 2 aliphatic heterocycles. The highest BCUT2D eigenvalue weighted by Gasteiger charge is 2.34. The standard InChI is InChI=1S/C31H42N4O6/c1-19(2)27(35-29(38)23-15-21-10-6-7-11-26(21)41-18-23)31(40)34-25(14-20-8-4-3-5-9-20)30(39)33-24(17-36)16-22-12-13-32-28(22)37/h6-7,10-11,15,17,19-20,22,24-25,27H,3-5,8-9,12-14,16,18H2,1-2H3,(H,32,37)(H,33,39)(H,34,40)(H,35,38)/t22-,24-,25-,27?/m0/s1. The molecule has 1 aromatic carbocycles. The van der Waals surface area contributed by atoms with E-state index in [0.717, 1.165) is 37.7 Å². The van der Waals surface area contributed by atoms with E-state index in [1.165, 1.54) is 0 Å². The highest BCUT2D eigenvalue weighted by Crippen LogP contribution is 2.28. The lowest BCUT2D eigenvalue weighted by atomic mass is 9.84. The second kappa shape index (κ2) is 14.3. The van der Waals surface area contributed by atoms with Crippen LogP contribution in [-0.2, 0) is 24.0 Å². The maximum Gasteiger partial charge on any atom is 0.251 e. The molecule has 0 spiro atoms. The van der Waals surface area contributed by atoms with Crippen molar-refractivity contribution in [3.63, 3.8) is 0 Å². The first kappa shape index (κ1) is 30.3. The zero-order valence-corrected chi connectivity index (χ0v) is 23.9. The first-order chi connectivity index (χ1) is 19.7. The molecule has 1 saturated heterocycles. The lowest BCUT2D eigenvalue weighted by Gasteiger charge is -2.30. The van der Waals surface area contributed by atoms with Crippen molar-refractivity contribution in [2.75, 3.05) is 13.2 Å². The zero-order chi connectivity index (χ0) is 29.4. The second-order valence-electron chi connectivity index (χ2n) is 11.8. The number of amides is 4. The van der Waals surface area contributed by atoms with Gasteiger partial charge in [0.15, 0.2) is 0 Å². The number of rotatable bonds is 12. The van der Waals surface area contributed by atoms with Crippen LogP contribution in [0.3, 0.4) is 0 Å². The summed E-state index contributed by atoms with van der Waals surface area (Å²) in [6, 6.07) is 4.83. The van der Waals surface area contributed by atoms with Gasteiger partial charge in [0, 0.05) is 18.0 Å². The number of para-hydroxylation sites is 1. The number of carbonyl (C=O) groups excluding carboxylic acids is 5. The summed E-state index contributed by atoms with van der Waals surface area (Å²) in [5.41, 5.74) is 1.20. The number of aldehydes is 1. The van der Waals surface area contributed by atoms with E-state index in [2.05, 4.69) is 21.3 Å². The molecule has 4 rings (SSSR count). The quantitative estimate of drug-likeness (QED) is 0.286. The van der Waals surface area contributed by atoms with Gasteiger partial charge in [-0.2, -0.15) is 0 Å². The van der Waals surface area contributed by atoms with Gasteiger partial charge in [-0.15, -0.1) is 0 Å². The van der Waals surface area contributed by atoms with E-state index in [9.17, 15) is 24.0 Å². The highest BCUT2D eigenvalue weighted by atomic mass is 16.5. The molecule has 3 aliphatic rings. The lowest BCUT2D eigenvalue weighted by Crippen LogP contribution is -2.57. The number of nitrogens with one attached hydrogen (secondary N) is 4. The van der Waals surface area contributed by atoms with Gasteiger partial charge >= 0.3 is 0 Å². The van der Waals surface area contributed by atoms with Crippen molar-refractivity contribution in [3.8, 4) is 5.75 Å². The average Bonchev–Trinajstić information content (AvgIpc) is 3.38. The third-order valence-corrected chi connectivity index (χ3v) is 8.28. The Morgan fingerprint density at radius 3 is 2.44 bits per heavy atom. The van der Waals surface area contributed by atoms with Gasteiger partial charge in [0.1, 0.15) is 30.7 Å². The third kappa shape index (κ3) is 8.17. The van der Waals surface area contributed by atoms with Crippen LogP contribution >= 0.6 is 0 Å². The number of benzene rings is 1. The highest BCUT2D eigenvalue weighted by molar-refractivity contribution is 6.02. The van der Waals surface area contributed by atoms with E-state index in [0.29, 0.717) is 37.0 Å². The van der Waals surface area contributed by atoms with Crippen LogP contribution in [0.15, 0.2) is 29.8 Å². The molecule has 4 atom stereocenters. The monoisotopic (exact) mass is 566 g/mol. The van der Waals surface area contributed by atoms with Gasteiger partial charge in [0.25, 0.3) is 5.91 Å². The summed E-state index contributed by atoms with van der Waals surface area (Å²) in [7, 11) is 0. The van der Waals surface area contributed by atoms with E-state index < -0.39 is 35.8 Å². The van der Waals surface area contributed by atoms with Crippen LogP contribution in [0.5, 0.6) is 5.75 Å². The Balaban J connectivity index is 1.44. The maximum absolute atomic E-state index is 13.6. The Morgan fingerprint density at radius 2 is 1.76 bits per heavy atom. The molecular formula is C31H42N4O6. The molecule has 10 heteroatoms. The molecule has 0 bridgehead atoms. The number of hydrogen-bond donors (Lipinski definition) is 4. The summed E-state index contributed by atoms with van der Waals surface area (Å²) >= 11 is 0. The van der Waals surface area contributed by atoms with Crippen LogP contribution in [-0.4, -0.2) is 61.2 Å². The smallest absolute Gasteiger partial charge is 0.251 e. The van der Waals surface area contributed by atoms with Crippen LogP contribution in [0.1, 0.15) is 70.8 Å². The molecule has 0 aromatic heterocycles. The van der Waals surface area contributed by atoms with Crippen LogP contribution in [0.25, 0.3) is 6.08 Å². The van der Waals surface area contributed by atoms with Gasteiger partial charge in [-0.1, -0.05) is 64.2 Å². The van der Waals surface area contributed by atoms with Crippen LogP contribution in [0.2, 0.25) is 0 Å². The van der Waals surface area contributed by atoms with Gasteiger partial charge < -0.3 is 30.8 Å². The third-order valence-electron chi connectivity index (χ3n) is 8.28. The van der Waals surface area contributed by atoms with Crippen LogP contribution in [0, 0.1) is 17.8 Å². The van der Waals surface area contributed by atoms with E-state index in [1.54, 1.807) is 6.08 Å². The summed E-state index contributed by atoms with van der Waals surface area (Å²) in [6.45, 7) is 4.31. The average molecular weight is 567 g/mol. The SMILES string of the molecule is CC(C)C(NC(=O)C1=Cc2ccccc2OC1)C(=O)N[C@@H](CC1CCCCC1)C(=O)N[C@H](C=O)C[C@@H]1CCNC1=O. The first-order valence-electron chi connectivity index (χ1n) is 14.8. The fourth-order valence-corrected chi connectivity index (χ4v) is 5.87. The molecule has 1 aromatic rings. The predicted molar refractivity (Wildman–Crippen MR) is 154 cm³/mol. The van der Waals surface area contributed by atoms with E-state index in [-0.39, 0.29) is 36.7 Å². The second-order valence-corrected chi connectivity index (χ2v) is 11.8. The van der Waals surface area contributed by atoms with E-state index in [1.807, 2.05) is 38.1 Å². The van der Waals surface area contributed by atoms with Gasteiger partial charge in [0.05, 0.1) is 11.6 Å². The Bertz CT molecular complexity index is 1160. The first-order valence-corrected chi connectivity index (χ1v) is 14.8. The number of carbonyl (C=O) groups is 5. The zero-order valence-electron chi connectivity index (χ0n) is 23.9. The molecule has 2 heterocycles. The molecule has 1 unspecified atom stereocenters. The molecular weight excluding hydrogens is 524 g/mol. The Morgan fingerprint density at radius 1 is 1.00 bits per heavy atom. The summed E-state index contributed by atoms with van der Waals surface area (Å²) in [5.74, 6) is -1.05. The Labute approximate surface area is 241 Å². The summed E-state index contributed by atoms with van der Waals surface area (Å²) in [5, 5.41) is 11.2. The van der Waals surface area contributed by atoms with Crippen LogP contribution < -0.4 is 26.0 Å².